The van der Waals surface area contributed by atoms with Gasteiger partial charge in [-0.15, -0.1) is 0 Å². The molecule has 0 aliphatic rings. The molecule has 0 saturated carbocycles. The molecule has 0 amide bonds. The maximum Gasteiger partial charge on any atom is 0.323 e. The van der Waals surface area contributed by atoms with Crippen LogP contribution in [0.4, 0.5) is 0 Å². The molecule has 0 saturated heterocycles. The number of hydrogen-bond donors (Lipinski definition) is 3. The normalized spacial score (nSPS) is 11.4. The second-order valence-corrected chi connectivity index (χ2v) is 2.81. The zero-order valence-electron chi connectivity index (χ0n) is 8.71. The van der Waals surface area contributed by atoms with Gasteiger partial charge >= 0.3 is 5.97 Å². The lowest BCUT2D eigenvalue weighted by Crippen LogP contribution is -2.33. The number of hydroxylamine groups is 1. The molecule has 0 fully saturated rings. The summed E-state index contributed by atoms with van der Waals surface area (Å²) in [6.45, 7) is 6.22. The van der Waals surface area contributed by atoms with Crippen LogP contribution in [0.25, 0.3) is 0 Å². The van der Waals surface area contributed by atoms with Gasteiger partial charge in [0.1, 0.15) is 6.04 Å². The summed E-state index contributed by atoms with van der Waals surface area (Å²) < 4.78 is 0. The predicted octanol–water partition coefficient (Wildman–Crippen LogP) is 2.02. The minimum Gasteiger partial charge on any atom is -0.480 e. The molecule has 0 aromatic rings. The predicted molar refractivity (Wildman–Crippen MR) is 51.8 cm³/mol. The number of aliphatic carboxylic acids is 1. The van der Waals surface area contributed by atoms with Gasteiger partial charge in [0.25, 0.3) is 0 Å². The van der Waals surface area contributed by atoms with Crippen molar-refractivity contribution in [2.24, 2.45) is 0 Å². The first kappa shape index (κ1) is 14.9. The van der Waals surface area contributed by atoms with Crippen LogP contribution in [0.5, 0.6) is 0 Å². The lowest BCUT2D eigenvalue weighted by molar-refractivity contribution is -0.142. The van der Waals surface area contributed by atoms with E-state index in [2.05, 4.69) is 13.8 Å². The van der Waals surface area contributed by atoms with Gasteiger partial charge in [-0.2, -0.15) is 5.48 Å². The van der Waals surface area contributed by atoms with E-state index >= 15 is 0 Å². The Balaban J connectivity index is 0. The minimum absolute atomic E-state index is 0.450. The molecule has 13 heavy (non-hydrogen) atoms. The van der Waals surface area contributed by atoms with Gasteiger partial charge in [-0.05, 0) is 6.42 Å². The van der Waals surface area contributed by atoms with Gasteiger partial charge in [-0.1, -0.05) is 40.0 Å². The lowest BCUT2D eigenvalue weighted by Gasteiger charge is -2.06. The Morgan fingerprint density at radius 2 is 1.69 bits per heavy atom. The molecule has 0 bridgehead atoms. The molecule has 0 heterocycles. The summed E-state index contributed by atoms with van der Waals surface area (Å²) in [4.78, 5) is 10.1. The molecular formula is C9H21NO3. The van der Waals surface area contributed by atoms with E-state index in [0.717, 1.165) is 6.42 Å². The average Bonchev–Trinajstić information content (AvgIpc) is 2.14. The zero-order chi connectivity index (χ0) is 10.7. The zero-order valence-corrected chi connectivity index (χ0v) is 8.71. The number of unbranched alkanes of at least 4 members (excludes halogenated alkanes) is 1. The van der Waals surface area contributed by atoms with Gasteiger partial charge < -0.3 is 10.3 Å². The summed E-state index contributed by atoms with van der Waals surface area (Å²) in [6, 6.07) is -0.810. The molecule has 3 N–H and O–H groups in total. The van der Waals surface area contributed by atoms with Crippen LogP contribution in [0.1, 0.15) is 46.5 Å². The van der Waals surface area contributed by atoms with E-state index in [1.165, 1.54) is 12.8 Å². The number of nitrogens with one attached hydrogen (secondary N) is 1. The fourth-order valence-electron chi connectivity index (χ4n) is 0.532. The molecule has 1 unspecified atom stereocenters. The fraction of sp³-hybridized carbons (Fsp3) is 0.889. The first-order valence-corrected chi connectivity index (χ1v) is 4.76. The summed E-state index contributed by atoms with van der Waals surface area (Å²) >= 11 is 0. The van der Waals surface area contributed by atoms with Gasteiger partial charge in [0.05, 0.1) is 0 Å². The lowest BCUT2D eigenvalue weighted by atomic mass is 10.2. The highest BCUT2D eigenvalue weighted by atomic mass is 16.5. The molecule has 0 aromatic carbocycles. The Hall–Kier alpha value is -0.610. The van der Waals surface area contributed by atoms with Gasteiger partial charge in [-0.3, -0.25) is 4.79 Å². The Morgan fingerprint density at radius 1 is 1.23 bits per heavy atom. The van der Waals surface area contributed by atoms with Crippen molar-refractivity contribution in [3.8, 4) is 0 Å². The summed E-state index contributed by atoms with van der Waals surface area (Å²) in [5, 5.41) is 16.5. The Kier molecular flexibility index (Phi) is 13.0. The molecule has 0 radical (unpaired) electrons. The second kappa shape index (κ2) is 11.4. The number of hydrogen-bond acceptors (Lipinski definition) is 3. The molecule has 4 nitrogen and oxygen atoms in total. The number of carbonyl (C=O) groups is 1. The maximum absolute atomic E-state index is 10.1. The van der Waals surface area contributed by atoms with Crippen molar-refractivity contribution in [3.05, 3.63) is 0 Å². The maximum atomic E-state index is 10.1. The highest BCUT2D eigenvalue weighted by molar-refractivity contribution is 5.73. The van der Waals surface area contributed by atoms with Crippen molar-refractivity contribution in [1.82, 2.24) is 5.48 Å². The van der Waals surface area contributed by atoms with Crippen LogP contribution in [0, 0.1) is 0 Å². The minimum atomic E-state index is -1.01. The van der Waals surface area contributed by atoms with Crippen molar-refractivity contribution >= 4 is 5.97 Å². The summed E-state index contributed by atoms with van der Waals surface area (Å²) in [6.07, 6.45) is 3.83. The fourth-order valence-corrected chi connectivity index (χ4v) is 0.532. The monoisotopic (exact) mass is 191 g/mol. The molecule has 0 spiro atoms. The molecule has 4 heteroatoms. The average molecular weight is 191 g/mol. The van der Waals surface area contributed by atoms with E-state index < -0.39 is 12.0 Å². The third-order valence-electron chi connectivity index (χ3n) is 1.53. The SMILES string of the molecule is CCCC.CCCC(NO)C(=O)O. The van der Waals surface area contributed by atoms with E-state index in [4.69, 9.17) is 10.3 Å². The number of carboxylic acids is 1. The Bertz CT molecular complexity index is 115. The third kappa shape index (κ3) is 11.4. The van der Waals surface area contributed by atoms with Crippen LogP contribution in [-0.4, -0.2) is 22.3 Å². The van der Waals surface area contributed by atoms with Crippen molar-refractivity contribution in [3.63, 3.8) is 0 Å². The molecule has 0 aromatic heterocycles. The van der Waals surface area contributed by atoms with Crippen LogP contribution >= 0.6 is 0 Å². The van der Waals surface area contributed by atoms with E-state index in [0.29, 0.717) is 6.42 Å². The van der Waals surface area contributed by atoms with Crippen molar-refractivity contribution < 1.29 is 15.1 Å². The quantitative estimate of drug-likeness (QED) is 0.581. The molecule has 1 atom stereocenters. The van der Waals surface area contributed by atoms with Crippen molar-refractivity contribution in [2.75, 3.05) is 0 Å². The van der Waals surface area contributed by atoms with Gasteiger partial charge in [0.2, 0.25) is 0 Å². The van der Waals surface area contributed by atoms with Crippen LogP contribution in [0.3, 0.4) is 0 Å². The van der Waals surface area contributed by atoms with Crippen LogP contribution in [-0.2, 0) is 4.79 Å². The summed E-state index contributed by atoms with van der Waals surface area (Å²) in [5.41, 5.74) is 1.70. The summed E-state index contributed by atoms with van der Waals surface area (Å²) in [5.74, 6) is -1.01. The summed E-state index contributed by atoms with van der Waals surface area (Å²) in [7, 11) is 0. The van der Waals surface area contributed by atoms with E-state index in [1.54, 1.807) is 5.48 Å². The second-order valence-electron chi connectivity index (χ2n) is 2.81. The van der Waals surface area contributed by atoms with Crippen molar-refractivity contribution in [2.45, 2.75) is 52.5 Å². The molecule has 0 aliphatic heterocycles. The first-order valence-electron chi connectivity index (χ1n) is 4.76. The van der Waals surface area contributed by atoms with Crippen LogP contribution in [0.2, 0.25) is 0 Å². The van der Waals surface area contributed by atoms with E-state index in [9.17, 15) is 4.79 Å². The van der Waals surface area contributed by atoms with Gasteiger partial charge in [0, 0.05) is 0 Å². The Labute approximate surface area is 79.9 Å². The van der Waals surface area contributed by atoms with Crippen LogP contribution in [0.15, 0.2) is 0 Å². The van der Waals surface area contributed by atoms with E-state index in [-0.39, 0.29) is 0 Å². The first-order chi connectivity index (χ1) is 6.13. The highest BCUT2D eigenvalue weighted by Gasteiger charge is 2.13. The third-order valence-corrected chi connectivity index (χ3v) is 1.53. The van der Waals surface area contributed by atoms with E-state index in [1.807, 2.05) is 6.92 Å². The molecule has 80 valence electrons. The smallest absolute Gasteiger partial charge is 0.323 e. The topological polar surface area (TPSA) is 69.6 Å². The number of carboxylic acid groups (broad SMARTS) is 1. The highest BCUT2D eigenvalue weighted by Crippen LogP contribution is 1.94. The van der Waals surface area contributed by atoms with Crippen molar-refractivity contribution in [1.29, 1.82) is 0 Å². The standard InChI is InChI=1S/C5H11NO3.C4H10/c1-2-3-4(6-9)5(7)8;1-3-4-2/h4,6,9H,2-3H2,1H3,(H,7,8);3-4H2,1-2H3. The van der Waals surface area contributed by atoms with Gasteiger partial charge in [0.15, 0.2) is 0 Å². The molecule has 0 aliphatic carbocycles. The van der Waals surface area contributed by atoms with Crippen LogP contribution < -0.4 is 5.48 Å². The molecule has 0 rings (SSSR count). The number of rotatable bonds is 5. The van der Waals surface area contributed by atoms with Gasteiger partial charge in [-0.25, -0.2) is 0 Å². The Morgan fingerprint density at radius 3 is 1.77 bits per heavy atom. The largest absolute Gasteiger partial charge is 0.480 e. The molecular weight excluding hydrogens is 170 g/mol.